The Kier molecular flexibility index (Phi) is 9.46. The summed E-state index contributed by atoms with van der Waals surface area (Å²) < 4.78 is 11.1. The Balaban J connectivity index is 1.65. The number of aryl methyl sites for hydroxylation is 1. The van der Waals surface area contributed by atoms with E-state index in [1.807, 2.05) is 12.1 Å². The highest BCUT2D eigenvalue weighted by Gasteiger charge is 2.36. The van der Waals surface area contributed by atoms with Crippen molar-refractivity contribution < 1.29 is 9.47 Å². The minimum absolute atomic E-state index is 0.361. The molecule has 5 heteroatoms. The lowest BCUT2D eigenvalue weighted by Gasteiger charge is -2.40. The lowest BCUT2D eigenvalue weighted by molar-refractivity contribution is 0.0778. The molecule has 1 saturated carbocycles. The lowest BCUT2D eigenvalue weighted by Crippen LogP contribution is -2.40. The van der Waals surface area contributed by atoms with E-state index in [1.165, 1.54) is 24.8 Å². The predicted octanol–water partition coefficient (Wildman–Crippen LogP) is 3.92. The fourth-order valence-electron chi connectivity index (χ4n) is 3.33. The van der Waals surface area contributed by atoms with Crippen LogP contribution in [0.25, 0.3) is 0 Å². The van der Waals surface area contributed by atoms with Gasteiger partial charge in [-0.05, 0) is 63.5 Å². The summed E-state index contributed by atoms with van der Waals surface area (Å²) in [4.78, 5) is 4.84. The molecule has 2 N–H and O–H groups in total. The van der Waals surface area contributed by atoms with Gasteiger partial charge in [0, 0.05) is 33.4 Å². The summed E-state index contributed by atoms with van der Waals surface area (Å²) in [5.41, 5.74) is 1.62. The fourth-order valence-corrected chi connectivity index (χ4v) is 3.33. The maximum absolute atomic E-state index is 5.78. The third kappa shape index (κ3) is 7.79. The van der Waals surface area contributed by atoms with Crippen molar-refractivity contribution in [2.45, 2.75) is 52.4 Å². The van der Waals surface area contributed by atoms with Crippen LogP contribution in [-0.4, -0.2) is 45.9 Å². The number of hydrogen-bond donors (Lipinski definition) is 2. The van der Waals surface area contributed by atoms with Crippen molar-refractivity contribution in [3.8, 4) is 5.75 Å². The maximum Gasteiger partial charge on any atom is 0.191 e. The Morgan fingerprint density at radius 2 is 1.89 bits per heavy atom. The number of methoxy groups -OCH3 is 1. The number of benzene rings is 1. The molecular weight excluding hydrogens is 338 g/mol. The van der Waals surface area contributed by atoms with Gasteiger partial charge in [-0.25, -0.2) is 0 Å². The molecule has 1 aromatic rings. The topological polar surface area (TPSA) is 54.9 Å². The van der Waals surface area contributed by atoms with E-state index in [1.54, 1.807) is 7.11 Å². The summed E-state index contributed by atoms with van der Waals surface area (Å²) in [6, 6.07) is 8.22. The molecule has 0 aliphatic heterocycles. The van der Waals surface area contributed by atoms with E-state index >= 15 is 0 Å². The summed E-state index contributed by atoms with van der Waals surface area (Å²) in [5, 5.41) is 6.81. The van der Waals surface area contributed by atoms with Crippen molar-refractivity contribution in [1.29, 1.82) is 0 Å². The van der Waals surface area contributed by atoms with E-state index in [0.717, 1.165) is 63.8 Å². The number of ether oxygens (including phenoxy) is 2. The molecule has 0 bridgehead atoms. The molecule has 0 spiro atoms. The highest BCUT2D eigenvalue weighted by atomic mass is 16.5. The molecule has 2 rings (SSSR count). The monoisotopic (exact) mass is 375 g/mol. The Labute approximate surface area is 164 Å². The van der Waals surface area contributed by atoms with Crippen LogP contribution >= 0.6 is 0 Å². The zero-order chi connectivity index (χ0) is 19.4. The smallest absolute Gasteiger partial charge is 0.191 e. The van der Waals surface area contributed by atoms with Crippen molar-refractivity contribution in [3.05, 3.63) is 29.8 Å². The van der Waals surface area contributed by atoms with E-state index in [2.05, 4.69) is 36.6 Å². The van der Waals surface area contributed by atoms with Gasteiger partial charge in [-0.3, -0.25) is 4.99 Å². The molecule has 0 atom stereocenters. The first-order valence-electron chi connectivity index (χ1n) is 10.4. The summed E-state index contributed by atoms with van der Waals surface area (Å²) in [6.45, 7) is 8.46. The summed E-state index contributed by atoms with van der Waals surface area (Å²) in [6.07, 6.45) is 7.07. The lowest BCUT2D eigenvalue weighted by atomic mass is 9.67. The number of hydrogen-bond acceptors (Lipinski definition) is 3. The molecule has 152 valence electrons. The van der Waals surface area contributed by atoms with Crippen LogP contribution < -0.4 is 15.4 Å². The van der Waals surface area contributed by atoms with Crippen LogP contribution in [0.3, 0.4) is 0 Å². The number of rotatable bonds is 12. The van der Waals surface area contributed by atoms with Crippen LogP contribution in [0.15, 0.2) is 29.3 Å². The van der Waals surface area contributed by atoms with Gasteiger partial charge in [0.15, 0.2) is 5.96 Å². The van der Waals surface area contributed by atoms with Gasteiger partial charge in [0.1, 0.15) is 5.75 Å². The van der Waals surface area contributed by atoms with Crippen molar-refractivity contribution in [2.24, 2.45) is 10.4 Å². The van der Waals surface area contributed by atoms with Crippen molar-refractivity contribution >= 4 is 5.96 Å². The van der Waals surface area contributed by atoms with Gasteiger partial charge in [0.05, 0.1) is 6.61 Å². The van der Waals surface area contributed by atoms with Crippen molar-refractivity contribution in [3.63, 3.8) is 0 Å². The van der Waals surface area contributed by atoms with Crippen LogP contribution in [0.5, 0.6) is 5.75 Å². The molecule has 0 radical (unpaired) electrons. The van der Waals surface area contributed by atoms with Crippen LogP contribution in [0.2, 0.25) is 0 Å². The quantitative estimate of drug-likeness (QED) is 0.330. The number of unbranched alkanes of at least 4 members (excludes halogenated alkanes) is 1. The van der Waals surface area contributed by atoms with Crippen LogP contribution in [0.4, 0.5) is 0 Å². The second-order valence-corrected chi connectivity index (χ2v) is 7.59. The number of aliphatic imine (C=N–C) groups is 1. The first-order chi connectivity index (χ1) is 13.2. The van der Waals surface area contributed by atoms with Gasteiger partial charge in [0.2, 0.25) is 0 Å². The van der Waals surface area contributed by atoms with Crippen LogP contribution in [0, 0.1) is 12.3 Å². The van der Waals surface area contributed by atoms with Gasteiger partial charge in [0.25, 0.3) is 0 Å². The highest BCUT2D eigenvalue weighted by molar-refractivity contribution is 5.79. The normalized spacial score (nSPS) is 15.9. The second kappa shape index (κ2) is 11.9. The minimum Gasteiger partial charge on any atom is -0.494 e. The fraction of sp³-hybridized carbons (Fsp3) is 0.682. The Morgan fingerprint density at radius 3 is 2.52 bits per heavy atom. The minimum atomic E-state index is 0.361. The molecule has 1 fully saturated rings. The van der Waals surface area contributed by atoms with Gasteiger partial charge in [-0.2, -0.15) is 0 Å². The Morgan fingerprint density at radius 1 is 1.11 bits per heavy atom. The average Bonchev–Trinajstić information content (AvgIpc) is 2.64. The average molecular weight is 376 g/mol. The van der Waals surface area contributed by atoms with Gasteiger partial charge >= 0.3 is 0 Å². The maximum atomic E-state index is 5.78. The molecule has 5 nitrogen and oxygen atoms in total. The van der Waals surface area contributed by atoms with Gasteiger partial charge < -0.3 is 20.1 Å². The summed E-state index contributed by atoms with van der Waals surface area (Å²) >= 11 is 0. The standard InChI is InChI=1S/C22H37N3O2/c1-4-23-21(25-18-22(12-7-13-22)14-17-26-3)24-15-5-6-16-27-20-10-8-19(2)9-11-20/h8-11H,4-7,12-18H2,1-3H3,(H2,23,24,25). The molecule has 0 aromatic heterocycles. The van der Waals surface area contributed by atoms with Crippen LogP contribution in [0.1, 0.15) is 51.0 Å². The van der Waals surface area contributed by atoms with E-state index in [0.29, 0.717) is 5.41 Å². The van der Waals surface area contributed by atoms with Crippen LogP contribution in [-0.2, 0) is 4.74 Å². The second-order valence-electron chi connectivity index (χ2n) is 7.59. The Bertz CT molecular complexity index is 553. The largest absolute Gasteiger partial charge is 0.494 e. The zero-order valence-corrected chi connectivity index (χ0v) is 17.4. The third-order valence-corrected chi connectivity index (χ3v) is 5.32. The molecule has 0 amide bonds. The van der Waals surface area contributed by atoms with Gasteiger partial charge in [-0.1, -0.05) is 24.1 Å². The van der Waals surface area contributed by atoms with E-state index in [-0.39, 0.29) is 0 Å². The SMILES string of the molecule is CCNC(=NCC1(CCOC)CCC1)NCCCCOc1ccc(C)cc1. The molecule has 27 heavy (non-hydrogen) atoms. The number of nitrogens with zero attached hydrogens (tertiary/aromatic N) is 1. The number of guanidine groups is 1. The predicted molar refractivity (Wildman–Crippen MR) is 113 cm³/mol. The van der Waals surface area contributed by atoms with Crippen molar-refractivity contribution in [1.82, 2.24) is 10.6 Å². The van der Waals surface area contributed by atoms with Crippen molar-refractivity contribution in [2.75, 3.05) is 40.0 Å². The molecule has 0 saturated heterocycles. The first kappa shape index (κ1) is 21.5. The number of nitrogens with one attached hydrogen (secondary N) is 2. The molecule has 0 unspecified atom stereocenters. The summed E-state index contributed by atoms with van der Waals surface area (Å²) in [5.74, 6) is 1.88. The molecule has 0 heterocycles. The van der Waals surface area contributed by atoms with E-state index in [4.69, 9.17) is 14.5 Å². The molecule has 1 aliphatic carbocycles. The third-order valence-electron chi connectivity index (χ3n) is 5.32. The molecular formula is C22H37N3O2. The Hall–Kier alpha value is -1.75. The molecule has 1 aromatic carbocycles. The first-order valence-corrected chi connectivity index (χ1v) is 10.4. The van der Waals surface area contributed by atoms with E-state index < -0.39 is 0 Å². The summed E-state index contributed by atoms with van der Waals surface area (Å²) in [7, 11) is 1.78. The highest BCUT2D eigenvalue weighted by Crippen LogP contribution is 2.44. The van der Waals surface area contributed by atoms with Gasteiger partial charge in [-0.15, -0.1) is 0 Å². The molecule has 1 aliphatic rings. The zero-order valence-electron chi connectivity index (χ0n) is 17.4. The van der Waals surface area contributed by atoms with E-state index in [9.17, 15) is 0 Å².